The van der Waals surface area contributed by atoms with E-state index in [2.05, 4.69) is 10.3 Å². The molecule has 1 unspecified atom stereocenters. The zero-order valence-corrected chi connectivity index (χ0v) is 19.2. The van der Waals surface area contributed by atoms with Gasteiger partial charge in [-0.2, -0.15) is 0 Å². The number of aliphatic hydroxyl groups excluding tert-OH is 1. The van der Waals surface area contributed by atoms with Crippen LogP contribution in [0.5, 0.6) is 0 Å². The van der Waals surface area contributed by atoms with Gasteiger partial charge in [-0.25, -0.2) is 18.2 Å². The minimum atomic E-state index is -0.879. The number of aliphatic carboxylic acids is 1. The van der Waals surface area contributed by atoms with Gasteiger partial charge in [0.25, 0.3) is 0 Å². The third-order valence-corrected chi connectivity index (χ3v) is 7.42. The lowest BCUT2D eigenvalue weighted by Crippen LogP contribution is -2.23. The Bertz CT molecular complexity index is 1410. The number of benzene rings is 3. The number of hydrogen-bond donors (Lipinski definition) is 3. The standard InChI is InChI=1S/C26H21F3N2O3S/c27-16-11-20(29)23-22(12-16)35-26(31-23)30-21-9-8-15(10-19(21)28)13-4-6-14(7-5-13)24(32)17-2-1-3-18(17)25(33)34/h4-12,17-18,24,32H,1-3H2,(H,30,31)(H,33,34)/t17-,18-,24?/m1/s1. The van der Waals surface area contributed by atoms with Crippen molar-refractivity contribution in [2.24, 2.45) is 11.8 Å². The van der Waals surface area contributed by atoms with E-state index in [4.69, 9.17) is 0 Å². The number of anilines is 2. The van der Waals surface area contributed by atoms with Crippen molar-refractivity contribution in [3.8, 4) is 11.1 Å². The predicted molar refractivity (Wildman–Crippen MR) is 128 cm³/mol. The van der Waals surface area contributed by atoms with E-state index in [-0.39, 0.29) is 22.3 Å². The maximum atomic E-state index is 14.8. The summed E-state index contributed by atoms with van der Waals surface area (Å²) in [4.78, 5) is 15.5. The molecule has 0 spiro atoms. The lowest BCUT2D eigenvalue weighted by molar-refractivity contribution is -0.144. The molecule has 4 aromatic rings. The molecular weight excluding hydrogens is 477 g/mol. The lowest BCUT2D eigenvalue weighted by atomic mass is 9.86. The van der Waals surface area contributed by atoms with Crippen molar-refractivity contribution in [2.75, 3.05) is 5.32 Å². The largest absolute Gasteiger partial charge is 0.481 e. The van der Waals surface area contributed by atoms with Gasteiger partial charge in [-0.3, -0.25) is 4.79 Å². The van der Waals surface area contributed by atoms with Crippen LogP contribution < -0.4 is 5.32 Å². The lowest BCUT2D eigenvalue weighted by Gasteiger charge is -2.22. The number of carboxylic acids is 1. The van der Waals surface area contributed by atoms with Gasteiger partial charge in [0.2, 0.25) is 0 Å². The number of carbonyl (C=O) groups is 1. The second kappa shape index (κ2) is 9.31. The number of halogens is 3. The van der Waals surface area contributed by atoms with Crippen LogP contribution in [-0.2, 0) is 4.79 Å². The maximum absolute atomic E-state index is 14.8. The van der Waals surface area contributed by atoms with E-state index >= 15 is 0 Å². The first kappa shape index (κ1) is 23.3. The minimum absolute atomic E-state index is 0.0190. The average Bonchev–Trinajstić information content (AvgIpc) is 3.47. The van der Waals surface area contributed by atoms with Crippen molar-refractivity contribution in [2.45, 2.75) is 25.4 Å². The summed E-state index contributed by atoms with van der Waals surface area (Å²) in [5.41, 5.74) is 2.12. The molecule has 0 aliphatic heterocycles. The summed E-state index contributed by atoms with van der Waals surface area (Å²) in [7, 11) is 0. The summed E-state index contributed by atoms with van der Waals surface area (Å²) in [6.45, 7) is 0. The number of nitrogens with zero attached hydrogens (tertiary/aromatic N) is 1. The number of hydrogen-bond acceptors (Lipinski definition) is 5. The van der Waals surface area contributed by atoms with Crippen LogP contribution in [0.25, 0.3) is 21.3 Å². The minimum Gasteiger partial charge on any atom is -0.481 e. The predicted octanol–water partition coefficient (Wildman–Crippen LogP) is 6.66. The summed E-state index contributed by atoms with van der Waals surface area (Å²) < 4.78 is 42.5. The van der Waals surface area contributed by atoms with Gasteiger partial charge < -0.3 is 15.5 Å². The van der Waals surface area contributed by atoms with Crippen molar-refractivity contribution >= 4 is 38.3 Å². The van der Waals surface area contributed by atoms with Gasteiger partial charge in [0.05, 0.1) is 22.4 Å². The van der Waals surface area contributed by atoms with Crippen LogP contribution in [0, 0.1) is 29.3 Å². The molecule has 0 amide bonds. The molecule has 3 N–H and O–H groups in total. The number of carboxylic acid groups (broad SMARTS) is 1. The first-order valence-corrected chi connectivity index (χ1v) is 11.9. The summed E-state index contributed by atoms with van der Waals surface area (Å²) in [6.07, 6.45) is 1.13. The second-order valence-electron chi connectivity index (χ2n) is 8.68. The van der Waals surface area contributed by atoms with Gasteiger partial charge in [0, 0.05) is 12.0 Å². The smallest absolute Gasteiger partial charge is 0.306 e. The Balaban J connectivity index is 1.33. The molecule has 1 saturated carbocycles. The summed E-state index contributed by atoms with van der Waals surface area (Å²) in [6, 6.07) is 13.5. The molecule has 0 saturated heterocycles. The Morgan fingerprint density at radius 1 is 1.00 bits per heavy atom. The molecule has 180 valence electrons. The normalized spacial score (nSPS) is 18.6. The van der Waals surface area contributed by atoms with Gasteiger partial charge in [-0.05, 0) is 47.7 Å². The van der Waals surface area contributed by atoms with Gasteiger partial charge in [0.1, 0.15) is 17.2 Å². The summed E-state index contributed by atoms with van der Waals surface area (Å²) >= 11 is 1.02. The van der Waals surface area contributed by atoms with Crippen LogP contribution in [0.15, 0.2) is 54.6 Å². The molecule has 1 heterocycles. The van der Waals surface area contributed by atoms with Crippen LogP contribution >= 0.6 is 11.3 Å². The summed E-state index contributed by atoms with van der Waals surface area (Å²) in [5, 5.41) is 23.2. The first-order valence-electron chi connectivity index (χ1n) is 11.1. The Hall–Kier alpha value is -3.43. The average molecular weight is 499 g/mol. The second-order valence-corrected chi connectivity index (χ2v) is 9.71. The number of thiazole rings is 1. The van der Waals surface area contributed by atoms with E-state index in [0.717, 1.165) is 29.4 Å². The van der Waals surface area contributed by atoms with Crippen molar-refractivity contribution in [1.29, 1.82) is 0 Å². The van der Waals surface area contributed by atoms with Gasteiger partial charge in [-0.1, -0.05) is 48.1 Å². The molecule has 1 fully saturated rings. The van der Waals surface area contributed by atoms with Gasteiger partial charge >= 0.3 is 5.97 Å². The van der Waals surface area contributed by atoms with E-state index in [1.54, 1.807) is 30.3 Å². The zero-order valence-electron chi connectivity index (χ0n) is 18.3. The first-order chi connectivity index (χ1) is 16.8. The van der Waals surface area contributed by atoms with Gasteiger partial charge in [0.15, 0.2) is 10.9 Å². The van der Waals surface area contributed by atoms with Crippen LogP contribution in [0.2, 0.25) is 0 Å². The van der Waals surface area contributed by atoms with Gasteiger partial charge in [-0.15, -0.1) is 0 Å². The fraction of sp³-hybridized carbons (Fsp3) is 0.231. The zero-order chi connectivity index (χ0) is 24.7. The van der Waals surface area contributed by atoms with Crippen molar-refractivity contribution < 1.29 is 28.2 Å². The van der Waals surface area contributed by atoms with E-state index in [9.17, 15) is 28.2 Å². The number of aromatic nitrogens is 1. The molecule has 9 heteroatoms. The molecular formula is C26H21F3N2O3S. The van der Waals surface area contributed by atoms with Crippen LogP contribution in [0.4, 0.5) is 24.0 Å². The number of nitrogens with one attached hydrogen (secondary N) is 1. The molecule has 0 radical (unpaired) electrons. The maximum Gasteiger partial charge on any atom is 0.306 e. The molecule has 1 aromatic heterocycles. The molecule has 0 bridgehead atoms. The van der Waals surface area contributed by atoms with Crippen molar-refractivity contribution in [3.05, 3.63) is 77.6 Å². The molecule has 5 rings (SSSR count). The number of aliphatic hydroxyl groups is 1. The molecule has 3 atom stereocenters. The molecule has 5 nitrogen and oxygen atoms in total. The monoisotopic (exact) mass is 498 g/mol. The quantitative estimate of drug-likeness (QED) is 0.277. The SMILES string of the molecule is O=C(O)[C@@H]1CCC[C@H]1C(O)c1ccc(-c2ccc(Nc3nc4c(F)cc(F)cc4s3)c(F)c2)cc1. The summed E-state index contributed by atoms with van der Waals surface area (Å²) in [5.74, 6) is -3.79. The third kappa shape index (κ3) is 4.61. The Kier molecular flexibility index (Phi) is 6.21. The highest BCUT2D eigenvalue weighted by Gasteiger charge is 2.37. The number of fused-ring (bicyclic) bond motifs is 1. The highest BCUT2D eigenvalue weighted by Crippen LogP contribution is 2.41. The Morgan fingerprint density at radius 2 is 1.74 bits per heavy atom. The van der Waals surface area contributed by atoms with E-state index in [0.29, 0.717) is 28.7 Å². The van der Waals surface area contributed by atoms with Crippen molar-refractivity contribution in [3.63, 3.8) is 0 Å². The van der Waals surface area contributed by atoms with E-state index in [1.807, 2.05) is 0 Å². The molecule has 35 heavy (non-hydrogen) atoms. The topological polar surface area (TPSA) is 82.5 Å². The van der Waals surface area contributed by atoms with Crippen LogP contribution in [0.1, 0.15) is 30.9 Å². The van der Waals surface area contributed by atoms with Crippen molar-refractivity contribution in [1.82, 2.24) is 4.98 Å². The number of rotatable bonds is 6. The molecule has 1 aliphatic carbocycles. The Labute approximate surface area is 202 Å². The van der Waals surface area contributed by atoms with Crippen LogP contribution in [-0.4, -0.2) is 21.2 Å². The molecule has 1 aliphatic rings. The van der Waals surface area contributed by atoms with E-state index < -0.39 is 35.4 Å². The third-order valence-electron chi connectivity index (χ3n) is 6.50. The fourth-order valence-corrected chi connectivity index (χ4v) is 5.63. The Morgan fingerprint density at radius 3 is 2.46 bits per heavy atom. The van der Waals surface area contributed by atoms with Crippen LogP contribution in [0.3, 0.4) is 0 Å². The highest BCUT2D eigenvalue weighted by atomic mass is 32.1. The molecule has 3 aromatic carbocycles. The fourth-order valence-electron chi connectivity index (χ4n) is 4.72. The highest BCUT2D eigenvalue weighted by molar-refractivity contribution is 7.22. The van der Waals surface area contributed by atoms with E-state index in [1.165, 1.54) is 18.2 Å².